The van der Waals surface area contributed by atoms with E-state index in [0.717, 1.165) is 30.5 Å². The fourth-order valence-corrected chi connectivity index (χ4v) is 3.86. The van der Waals surface area contributed by atoms with E-state index in [0.29, 0.717) is 39.1 Å². The molecule has 3 amide bonds. The van der Waals surface area contributed by atoms with Crippen LogP contribution in [0, 0.1) is 5.92 Å². The van der Waals surface area contributed by atoms with Gasteiger partial charge in [0.2, 0.25) is 17.7 Å². The second kappa shape index (κ2) is 8.99. The Kier molecular flexibility index (Phi) is 6.45. The summed E-state index contributed by atoms with van der Waals surface area (Å²) in [4.78, 5) is 40.6. The molecule has 1 aromatic carbocycles. The number of piperidine rings is 1. The molecule has 3 rings (SSSR count). The highest BCUT2D eigenvalue weighted by Gasteiger charge is 2.29. The van der Waals surface area contributed by atoms with Gasteiger partial charge >= 0.3 is 0 Å². The van der Waals surface area contributed by atoms with E-state index < -0.39 is 0 Å². The first-order chi connectivity index (χ1) is 13.1. The highest BCUT2D eigenvalue weighted by molar-refractivity contribution is 5.97. The summed E-state index contributed by atoms with van der Waals surface area (Å²) in [7, 11) is 0. The number of benzene rings is 1. The van der Waals surface area contributed by atoms with E-state index in [1.165, 1.54) is 0 Å². The van der Waals surface area contributed by atoms with E-state index in [4.69, 9.17) is 5.73 Å². The molecule has 1 saturated heterocycles. The van der Waals surface area contributed by atoms with Gasteiger partial charge in [-0.05, 0) is 30.9 Å². The van der Waals surface area contributed by atoms with Crippen molar-refractivity contribution in [2.75, 3.05) is 37.6 Å². The van der Waals surface area contributed by atoms with Crippen LogP contribution in [-0.4, -0.2) is 55.3 Å². The Balaban J connectivity index is 1.56. The first kappa shape index (κ1) is 19.4. The Bertz CT molecular complexity index is 706. The number of amides is 3. The third-order valence-corrected chi connectivity index (χ3v) is 5.33. The number of rotatable bonds is 6. The summed E-state index contributed by atoms with van der Waals surface area (Å²) in [6.45, 7) is 2.37. The van der Waals surface area contributed by atoms with Crippen LogP contribution in [0.15, 0.2) is 24.3 Å². The van der Waals surface area contributed by atoms with Gasteiger partial charge in [0.05, 0.1) is 5.92 Å². The molecule has 0 aliphatic carbocycles. The molecule has 27 heavy (non-hydrogen) atoms. The number of aryl methyl sites for hydroxylation is 1. The van der Waals surface area contributed by atoms with Crippen LogP contribution in [0.4, 0.5) is 5.69 Å². The van der Waals surface area contributed by atoms with Crippen LogP contribution >= 0.6 is 0 Å². The van der Waals surface area contributed by atoms with Gasteiger partial charge in [0.1, 0.15) is 0 Å². The molecule has 0 bridgehead atoms. The summed E-state index contributed by atoms with van der Waals surface area (Å²) in [5, 5.41) is 2.81. The highest BCUT2D eigenvalue weighted by Crippen LogP contribution is 2.27. The van der Waals surface area contributed by atoms with Crippen molar-refractivity contribution in [3.63, 3.8) is 0 Å². The van der Waals surface area contributed by atoms with Gasteiger partial charge in [-0.25, -0.2) is 0 Å². The van der Waals surface area contributed by atoms with E-state index in [2.05, 4.69) is 5.32 Å². The van der Waals surface area contributed by atoms with Crippen LogP contribution in [0.5, 0.6) is 0 Å². The maximum atomic E-state index is 12.7. The van der Waals surface area contributed by atoms with Crippen LogP contribution < -0.4 is 16.0 Å². The minimum atomic E-state index is -0.174. The van der Waals surface area contributed by atoms with Gasteiger partial charge < -0.3 is 20.9 Å². The Morgan fingerprint density at radius 3 is 2.85 bits per heavy atom. The largest absolute Gasteiger partial charge is 0.355 e. The molecule has 0 spiro atoms. The summed E-state index contributed by atoms with van der Waals surface area (Å²) < 4.78 is 0. The zero-order chi connectivity index (χ0) is 19.2. The fourth-order valence-electron chi connectivity index (χ4n) is 3.86. The highest BCUT2D eigenvalue weighted by atomic mass is 16.2. The molecule has 0 aromatic heterocycles. The molecule has 1 fully saturated rings. The number of carbonyl (C=O) groups excluding carboxylic acids is 3. The van der Waals surface area contributed by atoms with Gasteiger partial charge in [-0.3, -0.25) is 14.4 Å². The monoisotopic (exact) mass is 372 g/mol. The third kappa shape index (κ3) is 4.66. The Labute approximate surface area is 159 Å². The molecule has 146 valence electrons. The molecule has 1 atom stereocenters. The van der Waals surface area contributed by atoms with Gasteiger partial charge in [0, 0.05) is 51.3 Å². The second-order valence-corrected chi connectivity index (χ2v) is 7.18. The average Bonchev–Trinajstić information content (AvgIpc) is 2.71. The molecule has 2 aliphatic heterocycles. The van der Waals surface area contributed by atoms with Crippen LogP contribution in [0.25, 0.3) is 0 Å². The topological polar surface area (TPSA) is 95.7 Å². The molecule has 7 heteroatoms. The van der Waals surface area contributed by atoms with E-state index in [1.807, 2.05) is 24.3 Å². The number of para-hydroxylation sites is 1. The summed E-state index contributed by atoms with van der Waals surface area (Å²) in [5.41, 5.74) is 7.49. The zero-order valence-corrected chi connectivity index (χ0v) is 15.7. The number of nitrogens with two attached hydrogens (primary N) is 1. The average molecular weight is 372 g/mol. The standard InChI is InChI=1S/C20H28N4O3/c21-10-11-22-20(27)16-5-3-12-23(14-16)18(25)9-13-24-17-6-2-1-4-15(17)7-8-19(24)26/h1-2,4,6,16H,3,5,7-14,21H2,(H,22,27). The number of hydrogen-bond donors (Lipinski definition) is 2. The van der Waals surface area contributed by atoms with Crippen molar-refractivity contribution in [2.45, 2.75) is 32.1 Å². The number of likely N-dealkylation sites (tertiary alicyclic amines) is 1. The summed E-state index contributed by atoms with van der Waals surface area (Å²) in [6, 6.07) is 7.87. The normalized spacial score (nSPS) is 19.6. The Morgan fingerprint density at radius 1 is 1.22 bits per heavy atom. The second-order valence-electron chi connectivity index (χ2n) is 7.18. The Hall–Kier alpha value is -2.41. The predicted octanol–water partition coefficient (Wildman–Crippen LogP) is 0.669. The summed E-state index contributed by atoms with van der Waals surface area (Å²) in [5.74, 6) is -0.133. The zero-order valence-electron chi connectivity index (χ0n) is 15.7. The van der Waals surface area contributed by atoms with Crippen molar-refractivity contribution in [3.8, 4) is 0 Å². The lowest BCUT2D eigenvalue weighted by atomic mass is 9.96. The smallest absolute Gasteiger partial charge is 0.227 e. The molecular formula is C20H28N4O3. The van der Waals surface area contributed by atoms with Gasteiger partial charge in [-0.15, -0.1) is 0 Å². The first-order valence-electron chi connectivity index (χ1n) is 9.74. The van der Waals surface area contributed by atoms with Gasteiger partial charge in [0.25, 0.3) is 0 Å². The van der Waals surface area contributed by atoms with Crippen LogP contribution in [0.2, 0.25) is 0 Å². The molecule has 7 nitrogen and oxygen atoms in total. The summed E-state index contributed by atoms with van der Waals surface area (Å²) >= 11 is 0. The predicted molar refractivity (Wildman–Crippen MR) is 103 cm³/mol. The molecule has 2 aliphatic rings. The quantitative estimate of drug-likeness (QED) is 0.767. The van der Waals surface area contributed by atoms with Crippen molar-refractivity contribution >= 4 is 23.4 Å². The van der Waals surface area contributed by atoms with E-state index in [1.54, 1.807) is 9.80 Å². The van der Waals surface area contributed by atoms with Crippen LogP contribution in [-0.2, 0) is 20.8 Å². The molecule has 2 heterocycles. The van der Waals surface area contributed by atoms with Crippen LogP contribution in [0.1, 0.15) is 31.2 Å². The number of nitrogens with one attached hydrogen (secondary N) is 1. The third-order valence-electron chi connectivity index (χ3n) is 5.33. The van der Waals surface area contributed by atoms with Crippen molar-refractivity contribution in [1.29, 1.82) is 0 Å². The maximum absolute atomic E-state index is 12.7. The van der Waals surface area contributed by atoms with Crippen molar-refractivity contribution in [2.24, 2.45) is 11.7 Å². The van der Waals surface area contributed by atoms with E-state index in [-0.39, 0.29) is 30.1 Å². The molecule has 1 unspecified atom stereocenters. The van der Waals surface area contributed by atoms with Crippen molar-refractivity contribution < 1.29 is 14.4 Å². The molecule has 0 radical (unpaired) electrons. The molecule has 1 aromatic rings. The van der Waals surface area contributed by atoms with Gasteiger partial charge in [-0.2, -0.15) is 0 Å². The SMILES string of the molecule is NCCNC(=O)C1CCCN(C(=O)CCN2C(=O)CCc3ccccc32)C1. The van der Waals surface area contributed by atoms with Crippen molar-refractivity contribution in [3.05, 3.63) is 29.8 Å². The number of hydrogen-bond acceptors (Lipinski definition) is 4. The lowest BCUT2D eigenvalue weighted by molar-refractivity contribution is -0.135. The minimum Gasteiger partial charge on any atom is -0.355 e. The molecule has 3 N–H and O–H groups in total. The number of anilines is 1. The number of nitrogens with zero attached hydrogens (tertiary/aromatic N) is 2. The lowest BCUT2D eigenvalue weighted by Gasteiger charge is -2.33. The van der Waals surface area contributed by atoms with Crippen molar-refractivity contribution in [1.82, 2.24) is 10.2 Å². The van der Waals surface area contributed by atoms with Crippen LogP contribution in [0.3, 0.4) is 0 Å². The van der Waals surface area contributed by atoms with E-state index >= 15 is 0 Å². The molecule has 0 saturated carbocycles. The fraction of sp³-hybridized carbons (Fsp3) is 0.550. The molecular weight excluding hydrogens is 344 g/mol. The number of carbonyl (C=O) groups is 3. The first-order valence-corrected chi connectivity index (χ1v) is 9.74. The van der Waals surface area contributed by atoms with Gasteiger partial charge in [0.15, 0.2) is 0 Å². The minimum absolute atomic E-state index is 0.00202. The lowest BCUT2D eigenvalue weighted by Crippen LogP contribution is -2.47. The summed E-state index contributed by atoms with van der Waals surface area (Å²) in [6.07, 6.45) is 3.12. The van der Waals surface area contributed by atoms with Gasteiger partial charge in [-0.1, -0.05) is 18.2 Å². The van der Waals surface area contributed by atoms with E-state index in [9.17, 15) is 14.4 Å². The number of fused-ring (bicyclic) bond motifs is 1. The Morgan fingerprint density at radius 2 is 2.04 bits per heavy atom. The maximum Gasteiger partial charge on any atom is 0.227 e.